The Morgan fingerprint density at radius 2 is 1.68 bits per heavy atom. The molecule has 0 spiro atoms. The van der Waals surface area contributed by atoms with Crippen LogP contribution in [0.3, 0.4) is 0 Å². The van der Waals surface area contributed by atoms with E-state index in [-0.39, 0.29) is 11.0 Å². The quantitative estimate of drug-likeness (QED) is 0.699. The summed E-state index contributed by atoms with van der Waals surface area (Å²) in [5, 5.41) is 10.4. The van der Waals surface area contributed by atoms with Crippen molar-refractivity contribution in [1.29, 1.82) is 0 Å². The van der Waals surface area contributed by atoms with E-state index in [9.17, 15) is 5.11 Å². The highest BCUT2D eigenvalue weighted by molar-refractivity contribution is 5.58. The van der Waals surface area contributed by atoms with Gasteiger partial charge in [-0.3, -0.25) is 0 Å². The summed E-state index contributed by atoms with van der Waals surface area (Å²) < 4.78 is 6.73. The Hall–Kier alpha value is -1.18. The molecule has 2 heteroatoms. The van der Waals surface area contributed by atoms with Crippen LogP contribution in [-0.4, -0.2) is 10.7 Å². The van der Waals surface area contributed by atoms with Crippen molar-refractivity contribution in [1.82, 2.24) is 0 Å². The first-order valence-electron chi connectivity index (χ1n) is 9.90. The van der Waals surface area contributed by atoms with Crippen molar-refractivity contribution in [3.63, 3.8) is 0 Å². The first-order chi connectivity index (χ1) is 11.4. The Balaban J connectivity index is 1.85. The summed E-state index contributed by atoms with van der Waals surface area (Å²) in [4.78, 5) is 0. The minimum atomic E-state index is -0.153. The van der Waals surface area contributed by atoms with E-state index in [0.29, 0.717) is 11.2 Å². The molecule has 1 aromatic carbocycles. The Morgan fingerprint density at radius 3 is 2.24 bits per heavy atom. The molecule has 1 saturated carbocycles. The first-order valence-corrected chi connectivity index (χ1v) is 9.90. The van der Waals surface area contributed by atoms with Gasteiger partial charge in [-0.05, 0) is 87.8 Å². The normalized spacial score (nSPS) is 27.6. The van der Waals surface area contributed by atoms with Gasteiger partial charge in [-0.25, -0.2) is 0 Å². The van der Waals surface area contributed by atoms with E-state index in [1.807, 2.05) is 13.8 Å². The van der Waals surface area contributed by atoms with Gasteiger partial charge in [0, 0.05) is 11.0 Å². The molecule has 1 N–H and O–H groups in total. The monoisotopic (exact) mass is 344 g/mol. The lowest BCUT2D eigenvalue weighted by atomic mass is 9.68. The molecule has 25 heavy (non-hydrogen) atoms. The van der Waals surface area contributed by atoms with Gasteiger partial charge < -0.3 is 9.84 Å². The maximum atomic E-state index is 10.4. The van der Waals surface area contributed by atoms with E-state index in [2.05, 4.69) is 41.5 Å². The van der Waals surface area contributed by atoms with E-state index >= 15 is 0 Å². The number of fused-ring (bicyclic) bond motifs is 1. The molecule has 140 valence electrons. The Labute approximate surface area is 154 Å². The molecule has 0 radical (unpaired) electrons. The number of aromatic hydroxyl groups is 1. The number of phenolic OH excluding ortho intramolecular Hbond substituents is 1. The summed E-state index contributed by atoms with van der Waals surface area (Å²) in [5.74, 6) is 2.36. The summed E-state index contributed by atoms with van der Waals surface area (Å²) in [6, 6.07) is 0. The van der Waals surface area contributed by atoms with Gasteiger partial charge in [0.25, 0.3) is 0 Å². The molecule has 1 aromatic rings. The van der Waals surface area contributed by atoms with Crippen LogP contribution in [0, 0.1) is 37.5 Å². The predicted octanol–water partition coefficient (Wildman–Crippen LogP) is 6.25. The Bertz CT molecular complexity index is 699. The SMILES string of the molecule is Cc1c(C)c2c(c(C)c1O)CC[C@@](C)(C(C)(C)CCC1CC1(C)C)O2. The molecule has 1 fully saturated rings. The Morgan fingerprint density at radius 1 is 1.08 bits per heavy atom. The second kappa shape index (κ2) is 5.66. The molecule has 1 aliphatic heterocycles. The van der Waals surface area contributed by atoms with Gasteiger partial charge in [0.2, 0.25) is 0 Å². The zero-order valence-electron chi connectivity index (χ0n) is 17.5. The summed E-state index contributed by atoms with van der Waals surface area (Å²) in [5.41, 5.74) is 4.80. The first kappa shape index (κ1) is 18.6. The number of rotatable bonds is 4. The summed E-state index contributed by atoms with van der Waals surface area (Å²) in [7, 11) is 0. The standard InChI is InChI=1S/C23H36O2/c1-14-15(2)20-18(16(3)19(14)24)10-12-23(8,25-20)22(6,7)11-9-17-13-21(17,4)5/h17,24H,9-13H2,1-8H3/t17?,23-/m0/s1. The molecule has 0 bridgehead atoms. The van der Waals surface area contributed by atoms with E-state index in [1.165, 1.54) is 24.8 Å². The predicted molar refractivity (Wildman–Crippen MR) is 105 cm³/mol. The molecule has 0 saturated heterocycles. The van der Waals surface area contributed by atoms with Crippen molar-refractivity contribution in [2.24, 2.45) is 16.7 Å². The molecule has 2 atom stereocenters. The van der Waals surface area contributed by atoms with E-state index in [0.717, 1.165) is 41.2 Å². The highest BCUT2D eigenvalue weighted by atomic mass is 16.5. The second-order valence-corrected chi connectivity index (χ2v) is 10.2. The Kier molecular flexibility index (Phi) is 4.21. The number of benzene rings is 1. The smallest absolute Gasteiger partial charge is 0.127 e. The van der Waals surface area contributed by atoms with Crippen LogP contribution in [-0.2, 0) is 6.42 Å². The highest BCUT2D eigenvalue weighted by Gasteiger charge is 2.49. The average Bonchev–Trinajstić information content (AvgIpc) is 3.16. The third-order valence-electron chi connectivity index (χ3n) is 7.79. The molecule has 2 aliphatic rings. The molecular weight excluding hydrogens is 308 g/mol. The largest absolute Gasteiger partial charge is 0.507 e. The fourth-order valence-corrected chi connectivity index (χ4v) is 4.59. The lowest BCUT2D eigenvalue weighted by Crippen LogP contribution is -2.49. The van der Waals surface area contributed by atoms with Crippen LogP contribution in [0.1, 0.15) is 82.6 Å². The van der Waals surface area contributed by atoms with Crippen LogP contribution in [0.2, 0.25) is 0 Å². The van der Waals surface area contributed by atoms with Crippen molar-refractivity contribution < 1.29 is 9.84 Å². The zero-order valence-corrected chi connectivity index (χ0v) is 17.5. The van der Waals surface area contributed by atoms with Gasteiger partial charge >= 0.3 is 0 Å². The lowest BCUT2D eigenvalue weighted by Gasteiger charge is -2.48. The second-order valence-electron chi connectivity index (χ2n) is 10.2. The molecular formula is C23H36O2. The minimum absolute atomic E-state index is 0.134. The van der Waals surface area contributed by atoms with Crippen LogP contribution >= 0.6 is 0 Å². The van der Waals surface area contributed by atoms with Gasteiger partial charge in [0.05, 0.1) is 0 Å². The maximum absolute atomic E-state index is 10.4. The lowest BCUT2D eigenvalue weighted by molar-refractivity contribution is -0.0502. The molecule has 0 amide bonds. The molecule has 1 unspecified atom stereocenters. The van der Waals surface area contributed by atoms with Crippen molar-refractivity contribution in [3.8, 4) is 11.5 Å². The van der Waals surface area contributed by atoms with Gasteiger partial charge in [0.1, 0.15) is 17.1 Å². The summed E-state index contributed by atoms with van der Waals surface area (Å²) in [6.45, 7) is 17.9. The summed E-state index contributed by atoms with van der Waals surface area (Å²) in [6.07, 6.45) is 5.90. The van der Waals surface area contributed by atoms with Gasteiger partial charge in [-0.15, -0.1) is 0 Å². The van der Waals surface area contributed by atoms with E-state index in [4.69, 9.17) is 4.74 Å². The van der Waals surface area contributed by atoms with Crippen LogP contribution in [0.15, 0.2) is 0 Å². The number of hydrogen-bond acceptors (Lipinski definition) is 2. The topological polar surface area (TPSA) is 29.5 Å². The maximum Gasteiger partial charge on any atom is 0.127 e. The van der Waals surface area contributed by atoms with Crippen molar-refractivity contribution in [2.45, 2.75) is 93.1 Å². The molecule has 1 heterocycles. The average molecular weight is 345 g/mol. The fourth-order valence-electron chi connectivity index (χ4n) is 4.59. The van der Waals surface area contributed by atoms with Crippen LogP contribution in [0.4, 0.5) is 0 Å². The van der Waals surface area contributed by atoms with Gasteiger partial charge in [0.15, 0.2) is 0 Å². The number of ether oxygens (including phenoxy) is 1. The van der Waals surface area contributed by atoms with Crippen LogP contribution in [0.5, 0.6) is 11.5 Å². The van der Waals surface area contributed by atoms with Crippen molar-refractivity contribution >= 4 is 0 Å². The zero-order chi connectivity index (χ0) is 18.8. The van der Waals surface area contributed by atoms with Gasteiger partial charge in [-0.1, -0.05) is 27.7 Å². The van der Waals surface area contributed by atoms with E-state index < -0.39 is 0 Å². The highest BCUT2D eigenvalue weighted by Crippen LogP contribution is 2.57. The molecule has 1 aliphatic carbocycles. The van der Waals surface area contributed by atoms with Crippen LogP contribution in [0.25, 0.3) is 0 Å². The molecule has 0 aromatic heterocycles. The third kappa shape index (κ3) is 2.96. The number of phenols is 1. The fraction of sp³-hybridized carbons (Fsp3) is 0.739. The van der Waals surface area contributed by atoms with Gasteiger partial charge in [-0.2, -0.15) is 0 Å². The number of hydrogen-bond donors (Lipinski definition) is 1. The van der Waals surface area contributed by atoms with Crippen molar-refractivity contribution in [3.05, 3.63) is 22.3 Å². The van der Waals surface area contributed by atoms with Crippen LogP contribution < -0.4 is 4.74 Å². The van der Waals surface area contributed by atoms with E-state index in [1.54, 1.807) is 0 Å². The minimum Gasteiger partial charge on any atom is -0.507 e. The van der Waals surface area contributed by atoms with Crippen molar-refractivity contribution in [2.75, 3.05) is 0 Å². The molecule has 2 nitrogen and oxygen atoms in total. The summed E-state index contributed by atoms with van der Waals surface area (Å²) >= 11 is 0. The molecule has 3 rings (SSSR count). The third-order valence-corrected chi connectivity index (χ3v) is 7.79.